The molecular weight excluding hydrogens is 985 g/mol. The lowest BCUT2D eigenvalue weighted by molar-refractivity contribution is -0.167. The van der Waals surface area contributed by atoms with Gasteiger partial charge in [-0.05, 0) is 116 Å². The second-order valence-corrected chi connectivity index (χ2v) is 22.0. The maximum Gasteiger partial charge on any atom is 0.306 e. The summed E-state index contributed by atoms with van der Waals surface area (Å²) in [4.78, 5) is 38.3. The number of hydrogen-bond donors (Lipinski definition) is 0. The first-order valence-electron chi connectivity index (χ1n) is 33.5. The molecule has 6 nitrogen and oxygen atoms in total. The average Bonchev–Trinajstić information content (AvgIpc) is 3.46. The Balaban J connectivity index is 4.31. The van der Waals surface area contributed by atoms with Crippen LogP contribution >= 0.6 is 0 Å². The van der Waals surface area contributed by atoms with Crippen molar-refractivity contribution < 1.29 is 28.6 Å². The van der Waals surface area contributed by atoms with E-state index in [2.05, 4.69) is 142 Å². The van der Waals surface area contributed by atoms with E-state index in [-0.39, 0.29) is 37.5 Å². The van der Waals surface area contributed by atoms with Crippen molar-refractivity contribution in [3.63, 3.8) is 0 Å². The summed E-state index contributed by atoms with van der Waals surface area (Å²) in [6.45, 7) is 6.49. The van der Waals surface area contributed by atoms with Gasteiger partial charge in [0.05, 0.1) is 0 Å². The molecular formula is C74H124O6. The van der Waals surface area contributed by atoms with E-state index in [1.165, 1.54) is 148 Å². The van der Waals surface area contributed by atoms with E-state index in [1.54, 1.807) is 0 Å². The molecule has 0 amide bonds. The first kappa shape index (κ1) is 75.8. The number of hydrogen-bond acceptors (Lipinski definition) is 6. The van der Waals surface area contributed by atoms with Gasteiger partial charge in [-0.25, -0.2) is 0 Å². The van der Waals surface area contributed by atoms with Gasteiger partial charge in [0.2, 0.25) is 0 Å². The van der Waals surface area contributed by atoms with Crippen molar-refractivity contribution in [2.45, 2.75) is 316 Å². The number of esters is 3. The van der Waals surface area contributed by atoms with E-state index in [0.29, 0.717) is 12.8 Å². The third-order valence-electron chi connectivity index (χ3n) is 14.2. The molecule has 0 radical (unpaired) electrons. The molecule has 0 aromatic rings. The number of carbonyl (C=O) groups excluding carboxylic acids is 3. The molecule has 0 spiro atoms. The zero-order valence-electron chi connectivity index (χ0n) is 52.3. The lowest BCUT2D eigenvalue weighted by Gasteiger charge is -2.18. The van der Waals surface area contributed by atoms with Crippen molar-refractivity contribution in [3.8, 4) is 0 Å². The Bertz CT molecular complexity index is 1650. The normalized spacial score (nSPS) is 12.9. The Labute approximate surface area is 494 Å². The number of allylic oxidation sites excluding steroid dienone is 20. The zero-order valence-corrected chi connectivity index (χ0v) is 52.3. The van der Waals surface area contributed by atoms with Crippen molar-refractivity contribution >= 4 is 17.9 Å². The predicted octanol–water partition coefficient (Wildman–Crippen LogP) is 23.2. The third kappa shape index (κ3) is 64.6. The molecule has 0 bridgehead atoms. The lowest BCUT2D eigenvalue weighted by atomic mass is 10.0. The van der Waals surface area contributed by atoms with E-state index >= 15 is 0 Å². The average molecular weight is 1110 g/mol. The van der Waals surface area contributed by atoms with Gasteiger partial charge in [0.15, 0.2) is 6.10 Å². The molecule has 0 aromatic carbocycles. The largest absolute Gasteiger partial charge is 0.462 e. The van der Waals surface area contributed by atoms with Gasteiger partial charge < -0.3 is 14.2 Å². The number of carbonyl (C=O) groups is 3. The predicted molar refractivity (Wildman–Crippen MR) is 348 cm³/mol. The molecule has 0 aliphatic carbocycles. The van der Waals surface area contributed by atoms with Gasteiger partial charge in [-0.1, -0.05) is 296 Å². The summed E-state index contributed by atoms with van der Waals surface area (Å²) in [5, 5.41) is 0. The first-order chi connectivity index (χ1) is 39.5. The molecule has 0 N–H and O–H groups in total. The second kappa shape index (κ2) is 67.3. The molecule has 0 saturated carbocycles. The van der Waals surface area contributed by atoms with Crippen LogP contribution in [0, 0.1) is 0 Å². The quantitative estimate of drug-likeness (QED) is 0.0261. The molecule has 0 aromatic heterocycles. The molecule has 0 heterocycles. The van der Waals surface area contributed by atoms with Crippen molar-refractivity contribution in [1.82, 2.24) is 0 Å². The van der Waals surface area contributed by atoms with E-state index < -0.39 is 6.10 Å². The summed E-state index contributed by atoms with van der Waals surface area (Å²) in [5.74, 6) is -0.923. The molecule has 0 saturated heterocycles. The summed E-state index contributed by atoms with van der Waals surface area (Å²) >= 11 is 0. The van der Waals surface area contributed by atoms with Crippen LogP contribution in [0.5, 0.6) is 0 Å². The number of ether oxygens (including phenoxy) is 3. The Hall–Kier alpha value is -4.19. The third-order valence-corrected chi connectivity index (χ3v) is 14.2. The molecule has 0 rings (SSSR count). The fourth-order valence-electron chi connectivity index (χ4n) is 9.20. The summed E-state index contributed by atoms with van der Waals surface area (Å²) in [5.41, 5.74) is 0. The Morgan fingerprint density at radius 3 is 0.775 bits per heavy atom. The Morgan fingerprint density at radius 1 is 0.263 bits per heavy atom. The van der Waals surface area contributed by atoms with Crippen LogP contribution in [0.4, 0.5) is 0 Å². The van der Waals surface area contributed by atoms with Crippen LogP contribution in [0.25, 0.3) is 0 Å². The van der Waals surface area contributed by atoms with Gasteiger partial charge >= 0.3 is 17.9 Å². The van der Waals surface area contributed by atoms with Crippen molar-refractivity contribution in [2.75, 3.05) is 13.2 Å². The van der Waals surface area contributed by atoms with Gasteiger partial charge in [0, 0.05) is 19.3 Å². The van der Waals surface area contributed by atoms with Crippen LogP contribution in [0.3, 0.4) is 0 Å². The van der Waals surface area contributed by atoms with Crippen LogP contribution in [0.15, 0.2) is 122 Å². The molecule has 456 valence electrons. The summed E-state index contributed by atoms with van der Waals surface area (Å²) < 4.78 is 16.9. The molecule has 1 unspecified atom stereocenters. The van der Waals surface area contributed by atoms with E-state index in [0.717, 1.165) is 122 Å². The maximum atomic E-state index is 12.9. The minimum Gasteiger partial charge on any atom is -0.462 e. The van der Waals surface area contributed by atoms with Crippen LogP contribution in [-0.4, -0.2) is 37.2 Å². The van der Waals surface area contributed by atoms with Gasteiger partial charge in [-0.3, -0.25) is 14.4 Å². The smallest absolute Gasteiger partial charge is 0.306 e. The van der Waals surface area contributed by atoms with Gasteiger partial charge in [0.25, 0.3) is 0 Å². The van der Waals surface area contributed by atoms with Crippen LogP contribution < -0.4 is 0 Å². The first-order valence-corrected chi connectivity index (χ1v) is 33.5. The maximum absolute atomic E-state index is 12.9. The van der Waals surface area contributed by atoms with Crippen molar-refractivity contribution in [1.29, 1.82) is 0 Å². The molecule has 6 heteroatoms. The summed E-state index contributed by atoms with van der Waals surface area (Å²) in [6.07, 6.45) is 93.6. The monoisotopic (exact) mass is 1110 g/mol. The topological polar surface area (TPSA) is 78.9 Å². The Kier molecular flexibility index (Phi) is 63.8. The number of rotatable bonds is 60. The highest BCUT2D eigenvalue weighted by molar-refractivity contribution is 5.71. The molecule has 80 heavy (non-hydrogen) atoms. The van der Waals surface area contributed by atoms with Gasteiger partial charge in [-0.15, -0.1) is 0 Å². The summed E-state index contributed by atoms with van der Waals surface area (Å²) in [6, 6.07) is 0. The Morgan fingerprint density at radius 2 is 0.487 bits per heavy atom. The lowest BCUT2D eigenvalue weighted by Crippen LogP contribution is -2.30. The minimum absolute atomic E-state index is 0.0922. The minimum atomic E-state index is -0.799. The standard InChI is InChI=1S/C74H124O6/c1-4-7-10-13-16-19-22-24-26-28-30-32-34-36-37-39-40-42-44-46-48-50-52-55-58-61-64-67-73(76)79-70-71(69-78-72(75)66-63-60-57-54-21-18-15-12-9-6-3)80-74(77)68-65-62-59-56-53-51-49-47-45-43-41-38-35-33-31-29-27-25-23-20-17-14-11-8-5-2/h8,11,17,20,22,24-25,27-28,30-31,33-34,36,38,41,45,47,51,53,71H,4-7,9-10,12-16,18-19,21,23,26,29,32,35,37,39-40,42-44,46,48-50,52,54-70H2,1-3H3/b11-8-,20-17-,24-22-,27-25-,30-28-,33-31-,36-34-,41-38-,47-45-,53-51-. The van der Waals surface area contributed by atoms with Crippen LogP contribution in [0.1, 0.15) is 310 Å². The van der Waals surface area contributed by atoms with E-state index in [1.807, 2.05) is 0 Å². The molecule has 0 aliphatic rings. The fourth-order valence-corrected chi connectivity index (χ4v) is 9.20. The van der Waals surface area contributed by atoms with Crippen LogP contribution in [-0.2, 0) is 28.6 Å². The molecule has 0 aliphatic heterocycles. The summed E-state index contributed by atoms with van der Waals surface area (Å²) in [7, 11) is 0. The highest BCUT2D eigenvalue weighted by Gasteiger charge is 2.19. The molecule has 1 atom stereocenters. The highest BCUT2D eigenvalue weighted by Crippen LogP contribution is 2.16. The highest BCUT2D eigenvalue weighted by atomic mass is 16.6. The van der Waals surface area contributed by atoms with Crippen molar-refractivity contribution in [3.05, 3.63) is 122 Å². The van der Waals surface area contributed by atoms with E-state index in [4.69, 9.17) is 14.2 Å². The van der Waals surface area contributed by atoms with Gasteiger partial charge in [0.1, 0.15) is 13.2 Å². The van der Waals surface area contributed by atoms with Gasteiger partial charge in [-0.2, -0.15) is 0 Å². The second-order valence-electron chi connectivity index (χ2n) is 22.0. The number of unbranched alkanes of at least 4 members (excludes halogenated alkanes) is 29. The van der Waals surface area contributed by atoms with Crippen LogP contribution in [0.2, 0.25) is 0 Å². The molecule has 0 fully saturated rings. The zero-order chi connectivity index (χ0) is 57.8. The SMILES string of the molecule is CC/C=C\C/C=C\C/C=C\C/C=C\C/C=C\C/C=C\C/C=C\CCCCCC(=O)OC(COC(=O)CCCCCCCCCCCC)COC(=O)CCCCCCCCCCCCCC/C=C\C/C=C\C/C=C\CCCCCCC. The fraction of sp³-hybridized carbons (Fsp3) is 0.689. The van der Waals surface area contributed by atoms with Crippen molar-refractivity contribution in [2.24, 2.45) is 0 Å². The van der Waals surface area contributed by atoms with E-state index in [9.17, 15) is 14.4 Å².